The van der Waals surface area contributed by atoms with Crippen LogP contribution in [0.5, 0.6) is 5.75 Å². The molecule has 0 saturated carbocycles. The summed E-state index contributed by atoms with van der Waals surface area (Å²) in [7, 11) is 0. The monoisotopic (exact) mass is 192 g/mol. The summed E-state index contributed by atoms with van der Waals surface area (Å²) in [6, 6.07) is 3.65. The van der Waals surface area contributed by atoms with Gasteiger partial charge in [0.05, 0.1) is 0 Å². The molecule has 74 valence electrons. The average molecular weight is 192 g/mol. The molecule has 1 fully saturated rings. The van der Waals surface area contributed by atoms with Crippen molar-refractivity contribution in [3.63, 3.8) is 0 Å². The van der Waals surface area contributed by atoms with Crippen molar-refractivity contribution in [2.75, 3.05) is 6.54 Å². The van der Waals surface area contributed by atoms with Crippen LogP contribution in [0.1, 0.15) is 18.2 Å². The summed E-state index contributed by atoms with van der Waals surface area (Å²) >= 11 is 0. The van der Waals surface area contributed by atoms with Crippen LogP contribution >= 0.6 is 0 Å². The van der Waals surface area contributed by atoms with Crippen molar-refractivity contribution in [2.24, 2.45) is 5.92 Å². The smallest absolute Gasteiger partial charge is 0.292 e. The highest BCUT2D eigenvalue weighted by molar-refractivity contribution is 5.24. The van der Waals surface area contributed by atoms with Gasteiger partial charge < -0.3 is 15.0 Å². The van der Waals surface area contributed by atoms with Crippen LogP contribution in [0, 0.1) is 5.92 Å². The van der Waals surface area contributed by atoms with Gasteiger partial charge in [0.2, 0.25) is 0 Å². The van der Waals surface area contributed by atoms with Crippen LogP contribution in [-0.4, -0.2) is 16.2 Å². The third kappa shape index (κ3) is 0.944. The molecule has 0 unspecified atom stereocenters. The van der Waals surface area contributed by atoms with Gasteiger partial charge in [-0.25, -0.2) is 0 Å². The van der Waals surface area contributed by atoms with Gasteiger partial charge in [0.25, 0.3) is 5.56 Å². The van der Waals surface area contributed by atoms with Crippen molar-refractivity contribution in [1.82, 2.24) is 9.88 Å². The van der Waals surface area contributed by atoms with Crippen LogP contribution in [0.2, 0.25) is 0 Å². The van der Waals surface area contributed by atoms with Crippen LogP contribution in [0.4, 0.5) is 0 Å². The number of hydrogen-bond donors (Lipinski definition) is 2. The van der Waals surface area contributed by atoms with Crippen molar-refractivity contribution in [3.05, 3.63) is 28.2 Å². The maximum Gasteiger partial charge on any atom is 0.292 e. The molecule has 14 heavy (non-hydrogen) atoms. The Morgan fingerprint density at radius 2 is 2.36 bits per heavy atom. The maximum atomic E-state index is 11.6. The number of pyridine rings is 1. The largest absolute Gasteiger partial charge is 0.503 e. The fourth-order valence-corrected chi connectivity index (χ4v) is 2.51. The number of fused-ring (bicyclic) bond motifs is 4. The first kappa shape index (κ1) is 8.05. The normalized spacial score (nSPS) is 28.9. The van der Waals surface area contributed by atoms with Crippen molar-refractivity contribution in [2.45, 2.75) is 19.0 Å². The minimum Gasteiger partial charge on any atom is -0.503 e. The van der Waals surface area contributed by atoms with Gasteiger partial charge in [-0.2, -0.15) is 0 Å². The van der Waals surface area contributed by atoms with E-state index in [1.165, 1.54) is 6.07 Å². The van der Waals surface area contributed by atoms with E-state index in [9.17, 15) is 9.90 Å². The first-order valence-electron chi connectivity index (χ1n) is 4.92. The minimum absolute atomic E-state index is 0.143. The summed E-state index contributed by atoms with van der Waals surface area (Å²) in [6.07, 6.45) is 1.12. The number of hydrogen-bond acceptors (Lipinski definition) is 3. The van der Waals surface area contributed by atoms with Crippen molar-refractivity contribution in [3.8, 4) is 5.75 Å². The topological polar surface area (TPSA) is 54.3 Å². The fraction of sp³-hybridized carbons (Fsp3) is 0.500. The quantitative estimate of drug-likeness (QED) is 0.618. The van der Waals surface area contributed by atoms with Crippen molar-refractivity contribution < 1.29 is 5.11 Å². The van der Waals surface area contributed by atoms with Crippen LogP contribution in [0.3, 0.4) is 0 Å². The minimum atomic E-state index is -0.249. The van der Waals surface area contributed by atoms with Gasteiger partial charge in [0.1, 0.15) is 0 Å². The van der Waals surface area contributed by atoms with E-state index in [-0.39, 0.29) is 11.3 Å². The van der Waals surface area contributed by atoms with Gasteiger partial charge in [0, 0.05) is 24.8 Å². The molecule has 1 aromatic heterocycles. The molecule has 0 amide bonds. The van der Waals surface area contributed by atoms with E-state index in [2.05, 4.69) is 5.32 Å². The Hall–Kier alpha value is -1.29. The molecule has 2 atom stereocenters. The molecule has 1 saturated heterocycles. The maximum absolute atomic E-state index is 11.6. The molecule has 4 heteroatoms. The molecule has 2 bridgehead atoms. The zero-order valence-electron chi connectivity index (χ0n) is 7.73. The molecule has 3 heterocycles. The van der Waals surface area contributed by atoms with E-state index < -0.39 is 0 Å². The SMILES string of the molecule is O=c1c(O)ccc2n1C[C@H]1CN[C@@H]2C1. The van der Waals surface area contributed by atoms with Gasteiger partial charge in [-0.3, -0.25) is 4.79 Å². The van der Waals surface area contributed by atoms with E-state index in [0.717, 1.165) is 25.2 Å². The van der Waals surface area contributed by atoms with E-state index >= 15 is 0 Å². The Balaban J connectivity index is 2.23. The lowest BCUT2D eigenvalue weighted by Crippen LogP contribution is -2.30. The van der Waals surface area contributed by atoms with Crippen molar-refractivity contribution >= 4 is 0 Å². The number of nitrogens with zero attached hydrogens (tertiary/aromatic N) is 1. The standard InChI is InChI=1S/C10H12N2O2/c13-9-2-1-8-7-3-6(4-11-7)5-12(8)10(9)14/h1-2,6-7,11,13H,3-5H2/t6-,7-/m1/s1. The first-order chi connectivity index (χ1) is 6.75. The van der Waals surface area contributed by atoms with E-state index in [1.54, 1.807) is 4.57 Å². The predicted octanol–water partition coefficient (Wildman–Crippen LogP) is 0.218. The zero-order valence-corrected chi connectivity index (χ0v) is 7.73. The summed E-state index contributed by atoms with van der Waals surface area (Å²) in [5.74, 6) is 0.405. The second-order valence-corrected chi connectivity index (χ2v) is 4.12. The van der Waals surface area contributed by atoms with E-state index in [1.807, 2.05) is 6.07 Å². The van der Waals surface area contributed by atoms with Gasteiger partial charge >= 0.3 is 0 Å². The molecule has 1 aromatic rings. The molecule has 3 rings (SSSR count). The summed E-state index contributed by atoms with van der Waals surface area (Å²) in [5.41, 5.74) is 0.766. The molecular weight excluding hydrogens is 180 g/mol. The molecule has 2 aliphatic heterocycles. The highest BCUT2D eigenvalue weighted by Crippen LogP contribution is 2.32. The number of aromatic nitrogens is 1. The molecule has 2 N–H and O–H groups in total. The van der Waals surface area contributed by atoms with Crippen LogP contribution in [0.15, 0.2) is 16.9 Å². The number of rotatable bonds is 0. The molecular formula is C10H12N2O2. The number of nitrogens with one attached hydrogen (secondary N) is 1. The molecule has 0 spiro atoms. The Bertz CT molecular complexity index is 438. The molecule has 0 aromatic carbocycles. The highest BCUT2D eigenvalue weighted by atomic mass is 16.3. The summed E-state index contributed by atoms with van der Waals surface area (Å²) < 4.78 is 1.70. The summed E-state index contributed by atoms with van der Waals surface area (Å²) in [5, 5.41) is 12.7. The van der Waals surface area contributed by atoms with E-state index in [4.69, 9.17) is 0 Å². The lowest BCUT2D eigenvalue weighted by Gasteiger charge is -2.23. The number of aromatic hydroxyl groups is 1. The zero-order chi connectivity index (χ0) is 9.71. The first-order valence-corrected chi connectivity index (χ1v) is 4.92. The lowest BCUT2D eigenvalue weighted by molar-refractivity contribution is 0.387. The predicted molar refractivity (Wildman–Crippen MR) is 51.2 cm³/mol. The summed E-state index contributed by atoms with van der Waals surface area (Å²) in [6.45, 7) is 1.72. The molecule has 0 aliphatic carbocycles. The Morgan fingerprint density at radius 1 is 1.50 bits per heavy atom. The van der Waals surface area contributed by atoms with Crippen LogP contribution in [-0.2, 0) is 6.54 Å². The Morgan fingerprint density at radius 3 is 3.21 bits per heavy atom. The Kier molecular flexibility index (Phi) is 1.50. The second kappa shape index (κ2) is 2.60. The van der Waals surface area contributed by atoms with Gasteiger partial charge in [0.15, 0.2) is 5.75 Å². The second-order valence-electron chi connectivity index (χ2n) is 4.12. The third-order valence-corrected chi connectivity index (χ3v) is 3.21. The highest BCUT2D eigenvalue weighted by Gasteiger charge is 2.33. The Labute approximate surface area is 81.2 Å². The third-order valence-electron chi connectivity index (χ3n) is 3.21. The van der Waals surface area contributed by atoms with Gasteiger partial charge in [-0.15, -0.1) is 0 Å². The van der Waals surface area contributed by atoms with Gasteiger partial charge in [-0.1, -0.05) is 0 Å². The van der Waals surface area contributed by atoms with Crippen LogP contribution < -0.4 is 10.9 Å². The summed E-state index contributed by atoms with van der Waals surface area (Å²) in [4.78, 5) is 11.6. The molecule has 4 nitrogen and oxygen atoms in total. The molecule has 2 aliphatic rings. The van der Waals surface area contributed by atoms with Gasteiger partial charge in [-0.05, 0) is 24.5 Å². The molecule has 0 radical (unpaired) electrons. The van der Waals surface area contributed by atoms with Crippen molar-refractivity contribution in [1.29, 1.82) is 0 Å². The lowest BCUT2D eigenvalue weighted by atomic mass is 9.98. The van der Waals surface area contributed by atoms with Crippen LogP contribution in [0.25, 0.3) is 0 Å². The van der Waals surface area contributed by atoms with E-state index in [0.29, 0.717) is 12.0 Å². The average Bonchev–Trinajstić information content (AvgIpc) is 2.56. The fourth-order valence-electron chi connectivity index (χ4n) is 2.51.